The van der Waals surface area contributed by atoms with Crippen molar-refractivity contribution in [3.8, 4) is 22.8 Å². The quantitative estimate of drug-likeness (QED) is 0.736. The summed E-state index contributed by atoms with van der Waals surface area (Å²) in [6, 6.07) is 12.7. The minimum atomic E-state index is 0.715. The van der Waals surface area contributed by atoms with Crippen LogP contribution in [0.5, 0.6) is 11.5 Å². The summed E-state index contributed by atoms with van der Waals surface area (Å²) in [4.78, 5) is 6.03. The van der Waals surface area contributed by atoms with E-state index in [1.165, 1.54) is 27.8 Å². The van der Waals surface area contributed by atoms with Gasteiger partial charge in [0.05, 0.1) is 26.0 Å². The number of benzene rings is 2. The van der Waals surface area contributed by atoms with Gasteiger partial charge in [0, 0.05) is 41.7 Å². The standard InChI is InChI=1S/C23H26N2O3/c1-26-16-5-8-21-20(15-16)19-7-6-17-18(23(19)24-21)3-2-4-22(17)28-14-11-25-9-12-27-13-10-25/h2-5,8,15,24H,6-7,9-14H2,1H3. The zero-order valence-electron chi connectivity index (χ0n) is 16.3. The van der Waals surface area contributed by atoms with Crippen LogP contribution in [0.3, 0.4) is 0 Å². The topological polar surface area (TPSA) is 46.7 Å². The maximum Gasteiger partial charge on any atom is 0.123 e. The Hall–Kier alpha value is -2.50. The van der Waals surface area contributed by atoms with Crippen molar-refractivity contribution in [3.05, 3.63) is 47.5 Å². The van der Waals surface area contributed by atoms with Crippen molar-refractivity contribution in [2.24, 2.45) is 0 Å². The number of nitrogens with zero attached hydrogens (tertiary/aromatic N) is 1. The number of aryl methyl sites for hydroxylation is 1. The maximum atomic E-state index is 6.22. The monoisotopic (exact) mass is 378 g/mol. The fourth-order valence-corrected chi connectivity index (χ4v) is 4.40. The third kappa shape index (κ3) is 3.15. The van der Waals surface area contributed by atoms with Crippen molar-refractivity contribution in [2.75, 3.05) is 46.6 Å². The van der Waals surface area contributed by atoms with E-state index in [4.69, 9.17) is 14.2 Å². The zero-order chi connectivity index (χ0) is 18.9. The number of H-pyrrole nitrogens is 1. The molecule has 1 fully saturated rings. The summed E-state index contributed by atoms with van der Waals surface area (Å²) < 4.78 is 17.1. The van der Waals surface area contributed by atoms with Gasteiger partial charge in [-0.15, -0.1) is 0 Å². The number of rotatable bonds is 5. The number of fused-ring (bicyclic) bond motifs is 5. The Labute approximate surface area is 165 Å². The molecule has 146 valence electrons. The SMILES string of the molecule is COc1ccc2[nH]c3c(c2c1)CCc1c(OCCN2CCOCC2)cccc1-3. The Balaban J connectivity index is 1.41. The molecule has 5 heteroatoms. The lowest BCUT2D eigenvalue weighted by Gasteiger charge is -2.27. The first-order chi connectivity index (χ1) is 13.8. The number of morpholine rings is 1. The average Bonchev–Trinajstić information content (AvgIpc) is 3.13. The van der Waals surface area contributed by atoms with Crippen molar-refractivity contribution in [1.29, 1.82) is 0 Å². The van der Waals surface area contributed by atoms with Gasteiger partial charge in [0.1, 0.15) is 18.1 Å². The van der Waals surface area contributed by atoms with Crippen LogP contribution < -0.4 is 9.47 Å². The number of aromatic nitrogens is 1. The minimum Gasteiger partial charge on any atom is -0.497 e. The van der Waals surface area contributed by atoms with E-state index in [1.807, 2.05) is 6.07 Å². The molecule has 1 aliphatic heterocycles. The molecule has 0 atom stereocenters. The predicted octanol–water partition coefficient (Wildman–Crippen LogP) is 3.65. The highest BCUT2D eigenvalue weighted by Gasteiger charge is 2.23. The van der Waals surface area contributed by atoms with Crippen molar-refractivity contribution >= 4 is 10.9 Å². The van der Waals surface area contributed by atoms with Gasteiger partial charge >= 0.3 is 0 Å². The van der Waals surface area contributed by atoms with Gasteiger partial charge in [0.2, 0.25) is 0 Å². The Morgan fingerprint density at radius 2 is 1.93 bits per heavy atom. The molecule has 0 spiro atoms. The van der Waals surface area contributed by atoms with Crippen molar-refractivity contribution in [2.45, 2.75) is 12.8 Å². The first-order valence-electron chi connectivity index (χ1n) is 10.1. The molecule has 0 unspecified atom stereocenters. The molecule has 0 radical (unpaired) electrons. The summed E-state index contributed by atoms with van der Waals surface area (Å²) in [6.07, 6.45) is 2.01. The number of hydrogen-bond acceptors (Lipinski definition) is 4. The Bertz CT molecular complexity index is 989. The summed E-state index contributed by atoms with van der Waals surface area (Å²) in [5, 5.41) is 1.26. The molecule has 5 nitrogen and oxygen atoms in total. The third-order valence-corrected chi connectivity index (χ3v) is 5.91. The highest BCUT2D eigenvalue weighted by Crippen LogP contribution is 2.41. The summed E-state index contributed by atoms with van der Waals surface area (Å²) in [5.74, 6) is 1.92. The predicted molar refractivity (Wildman–Crippen MR) is 110 cm³/mol. The lowest BCUT2D eigenvalue weighted by molar-refractivity contribution is 0.0322. The molecule has 1 saturated heterocycles. The lowest BCUT2D eigenvalue weighted by Crippen LogP contribution is -2.38. The molecule has 0 amide bonds. The second kappa shape index (κ2) is 7.49. The van der Waals surface area contributed by atoms with E-state index >= 15 is 0 Å². The summed E-state index contributed by atoms with van der Waals surface area (Å²) in [6.45, 7) is 5.32. The number of nitrogens with one attached hydrogen (secondary N) is 1. The normalized spacial score (nSPS) is 16.6. The fraction of sp³-hybridized carbons (Fsp3) is 0.391. The summed E-state index contributed by atoms with van der Waals surface area (Å²) in [5.41, 5.74) is 6.35. The van der Waals surface area contributed by atoms with E-state index in [0.29, 0.717) is 6.61 Å². The van der Waals surface area contributed by atoms with Crippen molar-refractivity contribution in [1.82, 2.24) is 9.88 Å². The highest BCUT2D eigenvalue weighted by molar-refractivity contribution is 5.93. The molecule has 1 aromatic heterocycles. The molecule has 2 aromatic carbocycles. The van der Waals surface area contributed by atoms with Crippen LogP contribution in [0.4, 0.5) is 0 Å². The zero-order valence-corrected chi connectivity index (χ0v) is 16.3. The van der Waals surface area contributed by atoms with Gasteiger partial charge < -0.3 is 19.2 Å². The van der Waals surface area contributed by atoms with Crippen LogP contribution in [-0.4, -0.2) is 56.4 Å². The van der Waals surface area contributed by atoms with Crippen LogP contribution in [0.25, 0.3) is 22.2 Å². The van der Waals surface area contributed by atoms with Gasteiger partial charge in [-0.25, -0.2) is 0 Å². The molecule has 28 heavy (non-hydrogen) atoms. The first-order valence-corrected chi connectivity index (χ1v) is 10.1. The molecule has 3 aromatic rings. The van der Waals surface area contributed by atoms with E-state index in [0.717, 1.165) is 62.7 Å². The summed E-state index contributed by atoms with van der Waals surface area (Å²) >= 11 is 0. The Kier molecular flexibility index (Phi) is 4.71. The number of aromatic amines is 1. The number of ether oxygens (including phenoxy) is 3. The molecule has 0 bridgehead atoms. The largest absolute Gasteiger partial charge is 0.497 e. The lowest BCUT2D eigenvalue weighted by atomic mass is 9.88. The Morgan fingerprint density at radius 3 is 2.79 bits per heavy atom. The highest BCUT2D eigenvalue weighted by atomic mass is 16.5. The maximum absolute atomic E-state index is 6.22. The average molecular weight is 378 g/mol. The Morgan fingerprint density at radius 1 is 1.07 bits per heavy atom. The fourth-order valence-electron chi connectivity index (χ4n) is 4.40. The number of hydrogen-bond donors (Lipinski definition) is 1. The van der Waals surface area contributed by atoms with Crippen LogP contribution in [0.15, 0.2) is 36.4 Å². The van der Waals surface area contributed by atoms with Gasteiger partial charge in [-0.2, -0.15) is 0 Å². The van der Waals surface area contributed by atoms with Gasteiger partial charge in [0.15, 0.2) is 0 Å². The van der Waals surface area contributed by atoms with E-state index in [9.17, 15) is 0 Å². The second-order valence-electron chi connectivity index (χ2n) is 7.47. The molecular formula is C23H26N2O3. The van der Waals surface area contributed by atoms with Crippen LogP contribution in [-0.2, 0) is 17.6 Å². The van der Waals surface area contributed by atoms with Crippen LogP contribution in [0.2, 0.25) is 0 Å². The third-order valence-electron chi connectivity index (χ3n) is 5.91. The first kappa shape index (κ1) is 17.6. The van der Waals surface area contributed by atoms with Gasteiger partial charge in [-0.3, -0.25) is 4.90 Å². The molecule has 1 N–H and O–H groups in total. The van der Waals surface area contributed by atoms with Gasteiger partial charge in [0.25, 0.3) is 0 Å². The van der Waals surface area contributed by atoms with E-state index < -0.39 is 0 Å². The molecule has 0 saturated carbocycles. The van der Waals surface area contributed by atoms with Crippen molar-refractivity contribution < 1.29 is 14.2 Å². The van der Waals surface area contributed by atoms with E-state index in [-0.39, 0.29) is 0 Å². The van der Waals surface area contributed by atoms with Crippen molar-refractivity contribution in [3.63, 3.8) is 0 Å². The minimum absolute atomic E-state index is 0.715. The van der Waals surface area contributed by atoms with Crippen LogP contribution in [0.1, 0.15) is 11.1 Å². The molecule has 1 aliphatic carbocycles. The van der Waals surface area contributed by atoms with Gasteiger partial charge in [-0.1, -0.05) is 12.1 Å². The molecule has 5 rings (SSSR count). The second-order valence-corrected chi connectivity index (χ2v) is 7.47. The summed E-state index contributed by atoms with van der Waals surface area (Å²) in [7, 11) is 1.72. The molecular weight excluding hydrogens is 352 g/mol. The van der Waals surface area contributed by atoms with Crippen LogP contribution in [0, 0.1) is 0 Å². The van der Waals surface area contributed by atoms with Crippen LogP contribution >= 0.6 is 0 Å². The smallest absolute Gasteiger partial charge is 0.123 e. The van der Waals surface area contributed by atoms with E-state index in [2.05, 4.69) is 40.2 Å². The number of methoxy groups -OCH3 is 1. The van der Waals surface area contributed by atoms with Gasteiger partial charge in [-0.05, 0) is 42.7 Å². The van der Waals surface area contributed by atoms with E-state index in [1.54, 1.807) is 7.11 Å². The molecule has 2 heterocycles. The molecule has 2 aliphatic rings.